The van der Waals surface area contributed by atoms with Gasteiger partial charge in [0.25, 0.3) is 0 Å². The van der Waals surface area contributed by atoms with Crippen molar-refractivity contribution in [3.05, 3.63) is 0 Å². The summed E-state index contributed by atoms with van der Waals surface area (Å²) in [6.07, 6.45) is 0.994. The van der Waals surface area contributed by atoms with Crippen molar-refractivity contribution in [2.24, 2.45) is 5.92 Å². The second-order valence-corrected chi connectivity index (χ2v) is 4.47. The molecule has 7 heteroatoms. The highest BCUT2D eigenvalue weighted by Crippen LogP contribution is 2.10. The van der Waals surface area contributed by atoms with Crippen LogP contribution < -0.4 is 0 Å². The highest BCUT2D eigenvalue weighted by atomic mass is 16.5. The first-order chi connectivity index (χ1) is 10.0. The molecule has 0 rings (SSSR count). The Balaban J connectivity index is 4.55. The Bertz CT molecular complexity index is 393. The maximum atomic E-state index is 11.8. The molecule has 0 amide bonds. The van der Waals surface area contributed by atoms with Gasteiger partial charge < -0.3 is 14.4 Å². The molecule has 1 unspecified atom stereocenters. The van der Waals surface area contributed by atoms with Crippen molar-refractivity contribution in [1.82, 2.24) is 4.90 Å². The summed E-state index contributed by atoms with van der Waals surface area (Å²) in [6, 6.07) is 4.08. The second-order valence-electron chi connectivity index (χ2n) is 4.47. The summed E-state index contributed by atoms with van der Waals surface area (Å²) in [6.45, 7) is 2.79. The number of carbonyl (C=O) groups excluding carboxylic acids is 2. The van der Waals surface area contributed by atoms with Crippen LogP contribution in [-0.2, 0) is 19.1 Å². The summed E-state index contributed by atoms with van der Waals surface area (Å²) in [5.41, 5.74) is 0. The van der Waals surface area contributed by atoms with Gasteiger partial charge in [-0.2, -0.15) is 10.5 Å². The molecule has 21 heavy (non-hydrogen) atoms. The number of esters is 2. The minimum atomic E-state index is -0.452. The zero-order valence-corrected chi connectivity index (χ0v) is 12.5. The van der Waals surface area contributed by atoms with Gasteiger partial charge in [0.1, 0.15) is 0 Å². The van der Waals surface area contributed by atoms with Gasteiger partial charge in [-0.3, -0.25) is 9.59 Å². The Hall–Kier alpha value is -2.12. The smallest absolute Gasteiger partial charge is 0.310 e. The van der Waals surface area contributed by atoms with E-state index in [4.69, 9.17) is 20.0 Å². The van der Waals surface area contributed by atoms with Gasteiger partial charge in [0.2, 0.25) is 0 Å². The van der Waals surface area contributed by atoms with Gasteiger partial charge in [0.15, 0.2) is 0 Å². The average molecular weight is 295 g/mol. The monoisotopic (exact) mass is 295 g/mol. The molecule has 0 spiro atoms. The summed E-state index contributed by atoms with van der Waals surface area (Å²) < 4.78 is 9.58. The van der Waals surface area contributed by atoms with E-state index in [1.165, 1.54) is 14.0 Å². The van der Waals surface area contributed by atoms with Crippen LogP contribution in [0.5, 0.6) is 0 Å². The van der Waals surface area contributed by atoms with Crippen LogP contribution in [0.25, 0.3) is 0 Å². The van der Waals surface area contributed by atoms with E-state index in [0.29, 0.717) is 38.9 Å². The van der Waals surface area contributed by atoms with E-state index in [2.05, 4.69) is 0 Å². The molecule has 116 valence electrons. The highest BCUT2D eigenvalue weighted by Gasteiger charge is 2.22. The third-order valence-electron chi connectivity index (χ3n) is 2.86. The van der Waals surface area contributed by atoms with E-state index in [1.54, 1.807) is 0 Å². The average Bonchev–Trinajstić information content (AvgIpc) is 2.47. The van der Waals surface area contributed by atoms with Crippen LogP contribution in [-0.4, -0.2) is 50.2 Å². The molecule has 0 aliphatic carbocycles. The zero-order chi connectivity index (χ0) is 16.1. The van der Waals surface area contributed by atoms with Gasteiger partial charge in [-0.1, -0.05) is 0 Å². The third kappa shape index (κ3) is 9.42. The van der Waals surface area contributed by atoms with Gasteiger partial charge in [0.05, 0.1) is 31.8 Å². The molecule has 1 atom stereocenters. The predicted molar refractivity (Wildman–Crippen MR) is 73.7 cm³/mol. The van der Waals surface area contributed by atoms with Crippen molar-refractivity contribution in [2.45, 2.75) is 26.2 Å². The Morgan fingerprint density at radius 1 is 1.19 bits per heavy atom. The lowest BCUT2D eigenvalue weighted by molar-refractivity contribution is -0.149. The number of ether oxygens (including phenoxy) is 2. The normalized spacial score (nSPS) is 11.3. The van der Waals surface area contributed by atoms with E-state index in [1.807, 2.05) is 17.0 Å². The molecule has 0 saturated carbocycles. The first-order valence-electron chi connectivity index (χ1n) is 6.72. The molecule has 0 saturated heterocycles. The molecule has 0 bridgehead atoms. The standard InChI is InChI=1S/C14H21N3O4/c1-12(18)21-10-5-13(14(19)20-2)11-17(8-3-6-15)9-4-7-16/h13H,3-5,8-11H2,1-2H3. The highest BCUT2D eigenvalue weighted by molar-refractivity contribution is 5.72. The van der Waals surface area contributed by atoms with Crippen LogP contribution in [0.3, 0.4) is 0 Å². The molecular formula is C14H21N3O4. The Kier molecular flexibility index (Phi) is 10.5. The van der Waals surface area contributed by atoms with Crippen molar-refractivity contribution in [1.29, 1.82) is 10.5 Å². The molecule has 0 fully saturated rings. The topological polar surface area (TPSA) is 103 Å². The fraction of sp³-hybridized carbons (Fsp3) is 0.714. The third-order valence-corrected chi connectivity index (χ3v) is 2.86. The largest absolute Gasteiger partial charge is 0.469 e. The van der Waals surface area contributed by atoms with Crippen LogP contribution in [0.1, 0.15) is 26.2 Å². The molecule has 0 aromatic heterocycles. The van der Waals surface area contributed by atoms with Gasteiger partial charge in [-0.15, -0.1) is 0 Å². The maximum Gasteiger partial charge on any atom is 0.310 e. The predicted octanol–water partition coefficient (Wildman–Crippen LogP) is 0.858. The van der Waals surface area contributed by atoms with Crippen molar-refractivity contribution in [3.8, 4) is 12.1 Å². The van der Waals surface area contributed by atoms with Crippen LogP contribution >= 0.6 is 0 Å². The zero-order valence-electron chi connectivity index (χ0n) is 12.5. The van der Waals surface area contributed by atoms with Crippen molar-refractivity contribution < 1.29 is 19.1 Å². The maximum absolute atomic E-state index is 11.8. The molecular weight excluding hydrogens is 274 g/mol. The molecule has 0 aliphatic rings. The molecule has 0 radical (unpaired) electrons. The summed E-state index contributed by atoms with van der Waals surface area (Å²) in [5.74, 6) is -1.24. The minimum Gasteiger partial charge on any atom is -0.469 e. The van der Waals surface area contributed by atoms with Gasteiger partial charge in [-0.25, -0.2) is 0 Å². The minimum absolute atomic E-state index is 0.138. The van der Waals surface area contributed by atoms with E-state index < -0.39 is 11.9 Å². The SMILES string of the molecule is COC(=O)C(CCOC(C)=O)CN(CCC#N)CCC#N. The summed E-state index contributed by atoms with van der Waals surface area (Å²) in [4.78, 5) is 24.4. The van der Waals surface area contributed by atoms with Crippen LogP contribution in [0.4, 0.5) is 0 Å². The van der Waals surface area contributed by atoms with E-state index in [0.717, 1.165) is 0 Å². The quantitative estimate of drug-likeness (QED) is 0.550. The number of hydrogen-bond acceptors (Lipinski definition) is 7. The number of nitriles is 2. The first kappa shape index (κ1) is 18.9. The fourth-order valence-corrected chi connectivity index (χ4v) is 1.82. The summed E-state index contributed by atoms with van der Waals surface area (Å²) in [7, 11) is 1.30. The lowest BCUT2D eigenvalue weighted by atomic mass is 10.1. The van der Waals surface area contributed by atoms with Crippen molar-refractivity contribution in [3.63, 3.8) is 0 Å². The molecule has 0 aliphatic heterocycles. The van der Waals surface area contributed by atoms with Crippen molar-refractivity contribution in [2.75, 3.05) is 33.4 Å². The molecule has 0 aromatic carbocycles. The Morgan fingerprint density at radius 2 is 1.76 bits per heavy atom. The number of methoxy groups -OCH3 is 1. The van der Waals surface area contributed by atoms with E-state index in [-0.39, 0.29) is 12.6 Å². The number of nitrogens with zero attached hydrogens (tertiary/aromatic N) is 3. The number of carbonyl (C=O) groups is 2. The van der Waals surface area contributed by atoms with Crippen LogP contribution in [0.2, 0.25) is 0 Å². The second kappa shape index (κ2) is 11.7. The van der Waals surface area contributed by atoms with E-state index >= 15 is 0 Å². The number of hydrogen-bond donors (Lipinski definition) is 0. The van der Waals surface area contributed by atoms with Crippen molar-refractivity contribution >= 4 is 11.9 Å². The lowest BCUT2D eigenvalue weighted by Gasteiger charge is -2.24. The molecule has 7 nitrogen and oxygen atoms in total. The van der Waals surface area contributed by atoms with Crippen LogP contribution in [0, 0.1) is 28.6 Å². The first-order valence-corrected chi connectivity index (χ1v) is 6.72. The van der Waals surface area contributed by atoms with Gasteiger partial charge in [-0.05, 0) is 6.42 Å². The molecule has 0 heterocycles. The lowest BCUT2D eigenvalue weighted by Crippen LogP contribution is -2.35. The fourth-order valence-electron chi connectivity index (χ4n) is 1.82. The summed E-state index contributed by atoms with van der Waals surface area (Å²) in [5, 5.41) is 17.3. The molecule has 0 aromatic rings. The molecule has 0 N–H and O–H groups in total. The van der Waals surface area contributed by atoms with E-state index in [9.17, 15) is 9.59 Å². The van der Waals surface area contributed by atoms with Gasteiger partial charge in [0, 0.05) is 39.4 Å². The van der Waals surface area contributed by atoms with Crippen LogP contribution in [0.15, 0.2) is 0 Å². The Labute approximate surface area is 125 Å². The van der Waals surface area contributed by atoms with Gasteiger partial charge >= 0.3 is 11.9 Å². The summed E-state index contributed by atoms with van der Waals surface area (Å²) >= 11 is 0. The Morgan fingerprint density at radius 3 is 2.19 bits per heavy atom. The number of rotatable bonds is 10.